The van der Waals surface area contributed by atoms with Crippen LogP contribution in [0.5, 0.6) is 5.88 Å². The Morgan fingerprint density at radius 3 is 3.00 bits per heavy atom. The minimum atomic E-state index is 0.639. The SMILES string of the molecule is CCNCC1CCCN(c2ncnc(OCC)c2C)C1. The van der Waals surface area contributed by atoms with Crippen molar-refractivity contribution in [2.45, 2.75) is 33.6 Å². The topological polar surface area (TPSA) is 50.3 Å². The minimum absolute atomic E-state index is 0.639. The maximum absolute atomic E-state index is 5.57. The first-order valence-electron chi connectivity index (χ1n) is 7.66. The van der Waals surface area contributed by atoms with Crippen molar-refractivity contribution >= 4 is 5.82 Å². The second kappa shape index (κ2) is 7.43. The molecule has 1 aliphatic heterocycles. The van der Waals surface area contributed by atoms with Crippen LogP contribution in [0.4, 0.5) is 5.82 Å². The number of piperidine rings is 1. The lowest BCUT2D eigenvalue weighted by Gasteiger charge is -2.34. The van der Waals surface area contributed by atoms with E-state index in [2.05, 4.69) is 27.1 Å². The lowest BCUT2D eigenvalue weighted by atomic mass is 9.97. The van der Waals surface area contributed by atoms with Crippen molar-refractivity contribution in [1.29, 1.82) is 0 Å². The Balaban J connectivity index is 2.08. The molecule has 0 amide bonds. The molecule has 0 aromatic carbocycles. The molecule has 1 aromatic rings. The summed E-state index contributed by atoms with van der Waals surface area (Å²) in [5.74, 6) is 2.45. The summed E-state index contributed by atoms with van der Waals surface area (Å²) in [6, 6.07) is 0. The Morgan fingerprint density at radius 1 is 1.40 bits per heavy atom. The van der Waals surface area contributed by atoms with Crippen LogP contribution in [0.3, 0.4) is 0 Å². The fraction of sp³-hybridized carbons (Fsp3) is 0.733. The molecular formula is C15H26N4O. The van der Waals surface area contributed by atoms with Crippen LogP contribution in [0, 0.1) is 12.8 Å². The van der Waals surface area contributed by atoms with Gasteiger partial charge in [-0.2, -0.15) is 0 Å². The summed E-state index contributed by atoms with van der Waals surface area (Å²) < 4.78 is 5.57. The number of anilines is 1. The van der Waals surface area contributed by atoms with Crippen LogP contribution in [-0.4, -0.2) is 42.8 Å². The fourth-order valence-corrected chi connectivity index (χ4v) is 2.80. The molecule has 1 fully saturated rings. The lowest BCUT2D eigenvalue weighted by molar-refractivity contribution is 0.323. The van der Waals surface area contributed by atoms with Gasteiger partial charge in [-0.05, 0) is 45.7 Å². The first-order chi connectivity index (χ1) is 9.76. The van der Waals surface area contributed by atoms with Gasteiger partial charge in [0.15, 0.2) is 0 Å². The molecule has 2 rings (SSSR count). The monoisotopic (exact) mass is 278 g/mol. The van der Waals surface area contributed by atoms with Gasteiger partial charge in [0.2, 0.25) is 5.88 Å². The molecule has 112 valence electrons. The van der Waals surface area contributed by atoms with E-state index in [1.165, 1.54) is 12.8 Å². The van der Waals surface area contributed by atoms with Crippen molar-refractivity contribution < 1.29 is 4.74 Å². The number of nitrogens with one attached hydrogen (secondary N) is 1. The number of aromatic nitrogens is 2. The second-order valence-electron chi connectivity index (χ2n) is 5.32. The quantitative estimate of drug-likeness (QED) is 0.862. The molecule has 0 radical (unpaired) electrons. The lowest BCUT2D eigenvalue weighted by Crippen LogP contribution is -2.40. The second-order valence-corrected chi connectivity index (χ2v) is 5.32. The summed E-state index contributed by atoms with van der Waals surface area (Å²) in [5, 5.41) is 3.45. The van der Waals surface area contributed by atoms with Crippen molar-refractivity contribution in [3.63, 3.8) is 0 Å². The van der Waals surface area contributed by atoms with Crippen LogP contribution in [0.25, 0.3) is 0 Å². The predicted molar refractivity (Wildman–Crippen MR) is 81.4 cm³/mol. The molecule has 0 spiro atoms. The van der Waals surface area contributed by atoms with E-state index in [1.54, 1.807) is 6.33 Å². The molecule has 2 heterocycles. The standard InChI is InChI=1S/C15H26N4O/c1-4-16-9-13-7-6-8-19(10-13)14-12(3)15(20-5-2)18-11-17-14/h11,13,16H,4-10H2,1-3H3. The largest absolute Gasteiger partial charge is 0.478 e. The van der Waals surface area contributed by atoms with Gasteiger partial charge in [0.25, 0.3) is 0 Å². The average molecular weight is 278 g/mol. The molecular weight excluding hydrogens is 252 g/mol. The zero-order valence-corrected chi connectivity index (χ0v) is 12.9. The minimum Gasteiger partial charge on any atom is -0.478 e. The van der Waals surface area contributed by atoms with Crippen LogP contribution in [-0.2, 0) is 0 Å². The molecule has 1 aliphatic rings. The van der Waals surface area contributed by atoms with Gasteiger partial charge < -0.3 is 15.0 Å². The summed E-state index contributed by atoms with van der Waals surface area (Å²) >= 11 is 0. The molecule has 1 unspecified atom stereocenters. The maximum Gasteiger partial charge on any atom is 0.221 e. The predicted octanol–water partition coefficient (Wildman–Crippen LogP) is 2.01. The van der Waals surface area contributed by atoms with Gasteiger partial charge in [0, 0.05) is 13.1 Å². The first kappa shape index (κ1) is 15.0. The molecule has 0 bridgehead atoms. The Morgan fingerprint density at radius 2 is 2.25 bits per heavy atom. The van der Waals surface area contributed by atoms with Crippen LogP contribution < -0.4 is 15.0 Å². The molecule has 0 aliphatic carbocycles. The highest BCUT2D eigenvalue weighted by Crippen LogP contribution is 2.27. The van der Waals surface area contributed by atoms with E-state index in [1.807, 2.05) is 13.8 Å². The molecule has 20 heavy (non-hydrogen) atoms. The highest BCUT2D eigenvalue weighted by Gasteiger charge is 2.23. The third-order valence-corrected chi connectivity index (χ3v) is 3.79. The smallest absolute Gasteiger partial charge is 0.221 e. The zero-order chi connectivity index (χ0) is 14.4. The van der Waals surface area contributed by atoms with Gasteiger partial charge >= 0.3 is 0 Å². The Kier molecular flexibility index (Phi) is 5.59. The normalized spacial score (nSPS) is 19.1. The summed E-state index contributed by atoms with van der Waals surface area (Å²) in [7, 11) is 0. The van der Waals surface area contributed by atoms with Gasteiger partial charge in [0.1, 0.15) is 12.1 Å². The number of hydrogen-bond acceptors (Lipinski definition) is 5. The Hall–Kier alpha value is -1.36. The molecule has 0 saturated carbocycles. The average Bonchev–Trinajstić information content (AvgIpc) is 2.48. The number of rotatable bonds is 6. The van der Waals surface area contributed by atoms with Crippen LogP contribution in [0.15, 0.2) is 6.33 Å². The van der Waals surface area contributed by atoms with E-state index < -0.39 is 0 Å². The van der Waals surface area contributed by atoms with E-state index in [0.717, 1.165) is 37.6 Å². The Bertz CT molecular complexity index is 424. The molecule has 1 saturated heterocycles. The summed E-state index contributed by atoms with van der Waals surface area (Å²) in [6.45, 7) is 11.1. The number of ether oxygens (including phenoxy) is 1. The summed E-state index contributed by atoms with van der Waals surface area (Å²) in [5.41, 5.74) is 1.05. The molecule has 1 N–H and O–H groups in total. The van der Waals surface area contributed by atoms with Gasteiger partial charge in [-0.3, -0.25) is 0 Å². The van der Waals surface area contributed by atoms with E-state index in [9.17, 15) is 0 Å². The zero-order valence-electron chi connectivity index (χ0n) is 12.9. The van der Waals surface area contributed by atoms with E-state index in [-0.39, 0.29) is 0 Å². The third-order valence-electron chi connectivity index (χ3n) is 3.79. The number of hydrogen-bond donors (Lipinski definition) is 1. The highest BCUT2D eigenvalue weighted by atomic mass is 16.5. The van der Waals surface area contributed by atoms with Crippen molar-refractivity contribution in [2.75, 3.05) is 37.7 Å². The fourth-order valence-electron chi connectivity index (χ4n) is 2.80. The van der Waals surface area contributed by atoms with E-state index >= 15 is 0 Å². The maximum atomic E-state index is 5.57. The molecule has 1 aromatic heterocycles. The van der Waals surface area contributed by atoms with Gasteiger partial charge in [0.05, 0.1) is 12.2 Å². The van der Waals surface area contributed by atoms with E-state index in [0.29, 0.717) is 18.4 Å². The Labute approximate surface area is 121 Å². The van der Waals surface area contributed by atoms with Crippen LogP contribution >= 0.6 is 0 Å². The number of nitrogens with zero attached hydrogens (tertiary/aromatic N) is 3. The molecule has 5 nitrogen and oxygen atoms in total. The molecule has 5 heteroatoms. The molecule has 1 atom stereocenters. The highest BCUT2D eigenvalue weighted by molar-refractivity contribution is 5.50. The van der Waals surface area contributed by atoms with Crippen LogP contribution in [0.2, 0.25) is 0 Å². The van der Waals surface area contributed by atoms with Crippen molar-refractivity contribution in [3.05, 3.63) is 11.9 Å². The summed E-state index contributed by atoms with van der Waals surface area (Å²) in [4.78, 5) is 11.1. The third kappa shape index (κ3) is 3.60. The van der Waals surface area contributed by atoms with Crippen LogP contribution in [0.1, 0.15) is 32.3 Å². The van der Waals surface area contributed by atoms with E-state index in [4.69, 9.17) is 4.74 Å². The van der Waals surface area contributed by atoms with Gasteiger partial charge in [-0.25, -0.2) is 9.97 Å². The van der Waals surface area contributed by atoms with Gasteiger partial charge in [-0.1, -0.05) is 6.92 Å². The first-order valence-corrected chi connectivity index (χ1v) is 7.66. The van der Waals surface area contributed by atoms with Crippen molar-refractivity contribution in [3.8, 4) is 5.88 Å². The van der Waals surface area contributed by atoms with Gasteiger partial charge in [-0.15, -0.1) is 0 Å². The summed E-state index contributed by atoms with van der Waals surface area (Å²) in [6.07, 6.45) is 4.14. The van der Waals surface area contributed by atoms with Crippen molar-refractivity contribution in [2.24, 2.45) is 5.92 Å². The van der Waals surface area contributed by atoms with Crippen molar-refractivity contribution in [1.82, 2.24) is 15.3 Å².